The van der Waals surface area contributed by atoms with Crippen LogP contribution in [-0.2, 0) is 4.79 Å². The van der Waals surface area contributed by atoms with E-state index in [2.05, 4.69) is 5.32 Å². The molecule has 0 aliphatic heterocycles. The molecule has 3 N–H and O–H groups in total. The van der Waals surface area contributed by atoms with Crippen molar-refractivity contribution in [3.63, 3.8) is 0 Å². The van der Waals surface area contributed by atoms with Gasteiger partial charge >= 0.3 is 5.97 Å². The van der Waals surface area contributed by atoms with Gasteiger partial charge in [0.15, 0.2) is 0 Å². The van der Waals surface area contributed by atoms with Crippen LogP contribution >= 0.6 is 0 Å². The molecule has 0 saturated heterocycles. The number of aliphatic carboxylic acids is 1. The molecule has 0 spiro atoms. The number of carboxylic acid groups (broad SMARTS) is 1. The highest BCUT2D eigenvalue weighted by molar-refractivity contribution is 5.67. The molecule has 0 aliphatic rings. The molecule has 112 valence electrons. The first-order valence-electron chi connectivity index (χ1n) is 6.69. The number of aliphatic hydroxyl groups excluding tert-OH is 1. The molecule has 5 nitrogen and oxygen atoms in total. The summed E-state index contributed by atoms with van der Waals surface area (Å²) in [6, 6.07) is 3.16. The largest absolute Gasteiger partial charge is 0.496 e. The van der Waals surface area contributed by atoms with E-state index in [0.717, 1.165) is 11.1 Å². The van der Waals surface area contributed by atoms with Crippen LogP contribution in [-0.4, -0.2) is 35.9 Å². The monoisotopic (exact) mass is 281 g/mol. The molecule has 0 fully saturated rings. The third-order valence-electron chi connectivity index (χ3n) is 3.41. The molecule has 0 saturated carbocycles. The van der Waals surface area contributed by atoms with Gasteiger partial charge in [-0.1, -0.05) is 6.92 Å². The topological polar surface area (TPSA) is 78.8 Å². The number of aliphatic hydroxyl groups is 1. The Morgan fingerprint density at radius 2 is 1.95 bits per heavy atom. The molecule has 0 amide bonds. The molecule has 2 atom stereocenters. The first-order chi connectivity index (χ1) is 9.40. The Hall–Kier alpha value is -1.59. The average Bonchev–Trinajstić information content (AvgIpc) is 2.39. The molecular weight excluding hydrogens is 258 g/mol. The van der Waals surface area contributed by atoms with Gasteiger partial charge in [0.05, 0.1) is 19.6 Å². The highest BCUT2D eigenvalue weighted by Crippen LogP contribution is 2.31. The predicted octanol–water partition coefficient (Wildman–Crippen LogP) is 1.80. The Kier molecular flexibility index (Phi) is 5.98. The van der Waals surface area contributed by atoms with Gasteiger partial charge in [-0.3, -0.25) is 4.79 Å². The molecular formula is C15H23NO4. The van der Waals surface area contributed by atoms with Crippen LogP contribution in [0, 0.1) is 13.8 Å². The van der Waals surface area contributed by atoms with Crippen molar-refractivity contribution in [2.45, 2.75) is 39.3 Å². The first-order valence-corrected chi connectivity index (χ1v) is 6.69. The van der Waals surface area contributed by atoms with Crippen molar-refractivity contribution in [2.24, 2.45) is 0 Å². The summed E-state index contributed by atoms with van der Waals surface area (Å²) < 4.78 is 5.30. The second-order valence-electron chi connectivity index (χ2n) is 4.89. The van der Waals surface area contributed by atoms with E-state index in [1.54, 1.807) is 7.11 Å². The maximum Gasteiger partial charge on any atom is 0.305 e. The maximum atomic E-state index is 10.9. The van der Waals surface area contributed by atoms with Crippen molar-refractivity contribution in [2.75, 3.05) is 13.7 Å². The lowest BCUT2D eigenvalue weighted by molar-refractivity contribution is -0.138. The normalized spacial score (nSPS) is 13.8. The van der Waals surface area contributed by atoms with E-state index in [4.69, 9.17) is 9.84 Å². The Morgan fingerprint density at radius 3 is 2.45 bits per heavy atom. The molecule has 0 bridgehead atoms. The zero-order valence-corrected chi connectivity index (χ0v) is 12.4. The Morgan fingerprint density at radius 1 is 1.35 bits per heavy atom. The summed E-state index contributed by atoms with van der Waals surface area (Å²) in [7, 11) is 1.54. The molecule has 5 heteroatoms. The van der Waals surface area contributed by atoms with Crippen molar-refractivity contribution < 1.29 is 19.7 Å². The molecule has 1 rings (SSSR count). The van der Waals surface area contributed by atoms with Crippen LogP contribution in [0.1, 0.15) is 36.1 Å². The molecule has 2 unspecified atom stereocenters. The highest BCUT2D eigenvalue weighted by atomic mass is 16.5. The molecule has 1 aromatic rings. The second kappa shape index (κ2) is 7.26. The second-order valence-corrected chi connectivity index (χ2v) is 4.89. The van der Waals surface area contributed by atoms with Crippen molar-refractivity contribution in [1.82, 2.24) is 5.32 Å². The number of nitrogens with one attached hydrogen (secondary N) is 1. The average molecular weight is 281 g/mol. The van der Waals surface area contributed by atoms with Crippen LogP contribution in [0.15, 0.2) is 12.1 Å². The Balaban J connectivity index is 3.12. The van der Waals surface area contributed by atoms with Crippen molar-refractivity contribution in [3.05, 3.63) is 28.8 Å². The Bertz CT molecular complexity index is 473. The zero-order chi connectivity index (χ0) is 15.3. The minimum atomic E-state index is -0.946. The van der Waals surface area contributed by atoms with Gasteiger partial charge in [0, 0.05) is 11.6 Å². The number of ether oxygens (including phenoxy) is 1. The van der Waals surface area contributed by atoms with Crippen LogP contribution in [0.25, 0.3) is 0 Å². The van der Waals surface area contributed by atoms with E-state index >= 15 is 0 Å². The first kappa shape index (κ1) is 16.5. The van der Waals surface area contributed by atoms with Gasteiger partial charge in [0.25, 0.3) is 0 Å². The van der Waals surface area contributed by atoms with Crippen LogP contribution in [0.2, 0.25) is 0 Å². The lowest BCUT2D eigenvalue weighted by Crippen LogP contribution is -2.37. The van der Waals surface area contributed by atoms with Crippen LogP contribution in [0.4, 0.5) is 0 Å². The van der Waals surface area contributed by atoms with Crippen LogP contribution in [0.5, 0.6) is 5.75 Å². The minimum Gasteiger partial charge on any atom is -0.496 e. The molecule has 0 aromatic heterocycles. The summed E-state index contributed by atoms with van der Waals surface area (Å²) in [6.07, 6.45) is -1.08. The van der Waals surface area contributed by atoms with Crippen LogP contribution in [0.3, 0.4) is 0 Å². The fraction of sp³-hybridized carbons (Fsp3) is 0.533. The Labute approximate surface area is 119 Å². The van der Waals surface area contributed by atoms with Crippen LogP contribution < -0.4 is 10.1 Å². The number of hydrogen-bond acceptors (Lipinski definition) is 4. The van der Waals surface area contributed by atoms with Gasteiger partial charge < -0.3 is 20.3 Å². The summed E-state index contributed by atoms with van der Waals surface area (Å²) in [6.45, 7) is 6.37. The lowest BCUT2D eigenvalue weighted by atomic mass is 9.95. The minimum absolute atomic E-state index is 0.148. The van der Waals surface area contributed by atoms with E-state index in [9.17, 15) is 9.90 Å². The summed E-state index contributed by atoms with van der Waals surface area (Å²) in [4.78, 5) is 10.9. The van der Waals surface area contributed by atoms with Crippen molar-refractivity contribution in [3.8, 4) is 5.75 Å². The van der Waals surface area contributed by atoms with E-state index in [1.165, 1.54) is 0 Å². The van der Waals surface area contributed by atoms with Crippen molar-refractivity contribution in [1.29, 1.82) is 0 Å². The van der Waals surface area contributed by atoms with E-state index in [1.807, 2.05) is 32.9 Å². The number of benzene rings is 1. The summed E-state index contributed by atoms with van der Waals surface area (Å²) >= 11 is 0. The molecule has 0 heterocycles. The molecule has 0 aliphatic carbocycles. The lowest BCUT2D eigenvalue weighted by Gasteiger charge is -2.24. The third-order valence-corrected chi connectivity index (χ3v) is 3.41. The number of hydrogen-bond donors (Lipinski definition) is 3. The van der Waals surface area contributed by atoms with Gasteiger partial charge in [-0.05, 0) is 43.7 Å². The third kappa shape index (κ3) is 3.95. The summed E-state index contributed by atoms with van der Waals surface area (Å²) in [5, 5.41) is 22.4. The molecule has 20 heavy (non-hydrogen) atoms. The SMILES string of the molecule is CCNC(CC(=O)O)C(O)c1cc(C)c(C)cc1OC. The quantitative estimate of drug-likeness (QED) is 0.710. The van der Waals surface area contributed by atoms with Gasteiger partial charge in [-0.25, -0.2) is 0 Å². The van der Waals surface area contributed by atoms with Crippen molar-refractivity contribution >= 4 is 5.97 Å². The fourth-order valence-corrected chi connectivity index (χ4v) is 2.18. The van der Waals surface area contributed by atoms with E-state index in [-0.39, 0.29) is 6.42 Å². The molecule has 1 aromatic carbocycles. The van der Waals surface area contributed by atoms with E-state index in [0.29, 0.717) is 17.9 Å². The van der Waals surface area contributed by atoms with Gasteiger partial charge in [0.2, 0.25) is 0 Å². The summed E-state index contributed by atoms with van der Waals surface area (Å²) in [5.41, 5.74) is 2.71. The zero-order valence-electron chi connectivity index (χ0n) is 12.4. The van der Waals surface area contributed by atoms with E-state index < -0.39 is 18.1 Å². The number of carbonyl (C=O) groups is 1. The van der Waals surface area contributed by atoms with Gasteiger partial charge in [-0.15, -0.1) is 0 Å². The summed E-state index contributed by atoms with van der Waals surface area (Å²) in [5.74, 6) is -0.369. The van der Waals surface area contributed by atoms with Gasteiger partial charge in [-0.2, -0.15) is 0 Å². The maximum absolute atomic E-state index is 10.9. The predicted molar refractivity (Wildman–Crippen MR) is 77.1 cm³/mol. The number of methoxy groups -OCH3 is 1. The fourth-order valence-electron chi connectivity index (χ4n) is 2.18. The number of rotatable bonds is 7. The standard InChI is InChI=1S/C15H23NO4/c1-5-16-12(8-14(17)18)15(19)11-6-9(2)10(3)7-13(11)20-4/h6-7,12,15-16,19H,5,8H2,1-4H3,(H,17,18). The molecule has 0 radical (unpaired) electrons. The number of aryl methyl sites for hydroxylation is 2. The smallest absolute Gasteiger partial charge is 0.305 e. The number of likely N-dealkylation sites (N-methyl/N-ethyl adjacent to an activating group) is 1. The highest BCUT2D eigenvalue weighted by Gasteiger charge is 2.25. The van der Waals surface area contributed by atoms with Gasteiger partial charge in [0.1, 0.15) is 5.75 Å². The number of carboxylic acids is 1.